The SMILES string of the molecule is COc1cccc([C@@H]2[C@@H](C(C)C)CN(C(C)=O)C[C@H](OC)[C@@H](O)[C@@H](O)COCCCCN2C(=O)CN2CCCN(C)CC2)c1. The fourth-order valence-corrected chi connectivity index (χ4v) is 6.28. The third-order valence-electron chi connectivity index (χ3n) is 9.11. The van der Waals surface area contributed by atoms with Gasteiger partial charge in [-0.15, -0.1) is 0 Å². The van der Waals surface area contributed by atoms with Crippen molar-refractivity contribution in [1.29, 1.82) is 0 Å². The molecule has 3 rings (SSSR count). The Morgan fingerprint density at radius 3 is 2.48 bits per heavy atom. The van der Waals surface area contributed by atoms with Crippen molar-refractivity contribution >= 4 is 11.8 Å². The van der Waals surface area contributed by atoms with Crippen LogP contribution >= 0.6 is 0 Å². The molecule has 0 radical (unpaired) electrons. The monoisotopic (exact) mass is 620 g/mol. The van der Waals surface area contributed by atoms with Crippen molar-refractivity contribution in [3.63, 3.8) is 0 Å². The van der Waals surface area contributed by atoms with Crippen molar-refractivity contribution in [2.24, 2.45) is 11.8 Å². The van der Waals surface area contributed by atoms with Gasteiger partial charge >= 0.3 is 0 Å². The summed E-state index contributed by atoms with van der Waals surface area (Å²) in [5.74, 6) is 0.540. The normalized spacial score (nSPS) is 27.8. The number of nitrogens with zero attached hydrogens (tertiary/aromatic N) is 4. The zero-order valence-corrected chi connectivity index (χ0v) is 27.7. The minimum atomic E-state index is -1.23. The summed E-state index contributed by atoms with van der Waals surface area (Å²) in [6, 6.07) is 7.54. The summed E-state index contributed by atoms with van der Waals surface area (Å²) in [5.41, 5.74) is 0.954. The van der Waals surface area contributed by atoms with E-state index in [0.717, 1.165) is 38.2 Å². The van der Waals surface area contributed by atoms with Crippen LogP contribution in [0.4, 0.5) is 0 Å². The summed E-state index contributed by atoms with van der Waals surface area (Å²) in [6.45, 7) is 11.0. The number of amides is 2. The minimum Gasteiger partial charge on any atom is -0.497 e. The lowest BCUT2D eigenvalue weighted by Gasteiger charge is -2.42. The van der Waals surface area contributed by atoms with E-state index in [2.05, 4.69) is 30.7 Å². The van der Waals surface area contributed by atoms with Gasteiger partial charge in [-0.3, -0.25) is 14.5 Å². The van der Waals surface area contributed by atoms with Gasteiger partial charge in [0.2, 0.25) is 11.8 Å². The first-order valence-corrected chi connectivity index (χ1v) is 16.1. The maximum atomic E-state index is 14.4. The highest BCUT2D eigenvalue weighted by Gasteiger charge is 2.38. The first-order chi connectivity index (χ1) is 21.0. The van der Waals surface area contributed by atoms with E-state index in [0.29, 0.717) is 44.8 Å². The topological polar surface area (TPSA) is 115 Å². The van der Waals surface area contributed by atoms with Gasteiger partial charge in [0.25, 0.3) is 0 Å². The number of carbonyl (C=O) groups is 2. The van der Waals surface area contributed by atoms with Gasteiger partial charge in [0.05, 0.1) is 26.3 Å². The van der Waals surface area contributed by atoms with Gasteiger partial charge in [0.1, 0.15) is 24.1 Å². The van der Waals surface area contributed by atoms with E-state index in [4.69, 9.17) is 14.2 Å². The van der Waals surface area contributed by atoms with Gasteiger partial charge in [-0.05, 0) is 63.0 Å². The molecule has 11 heteroatoms. The van der Waals surface area contributed by atoms with Gasteiger partial charge in [-0.2, -0.15) is 0 Å². The van der Waals surface area contributed by atoms with Crippen molar-refractivity contribution in [3.8, 4) is 5.75 Å². The lowest BCUT2D eigenvalue weighted by molar-refractivity contribution is -0.140. The molecule has 0 bridgehead atoms. The molecule has 2 aliphatic rings. The van der Waals surface area contributed by atoms with Crippen LogP contribution in [0.2, 0.25) is 0 Å². The third kappa shape index (κ3) is 10.4. The number of hydrogen-bond donors (Lipinski definition) is 2. The van der Waals surface area contributed by atoms with Gasteiger partial charge < -0.3 is 39.1 Å². The molecule has 0 aromatic heterocycles. The third-order valence-corrected chi connectivity index (χ3v) is 9.11. The zero-order chi connectivity index (χ0) is 32.2. The summed E-state index contributed by atoms with van der Waals surface area (Å²) in [5, 5.41) is 21.5. The molecule has 2 fully saturated rings. The van der Waals surface area contributed by atoms with Crippen LogP contribution in [0.25, 0.3) is 0 Å². The Labute approximate surface area is 264 Å². The van der Waals surface area contributed by atoms with E-state index < -0.39 is 18.3 Å². The zero-order valence-electron chi connectivity index (χ0n) is 27.7. The lowest BCUT2D eigenvalue weighted by atomic mass is 9.82. The summed E-state index contributed by atoms with van der Waals surface area (Å²) < 4.78 is 16.9. The molecule has 2 saturated heterocycles. The van der Waals surface area contributed by atoms with Crippen LogP contribution in [0.1, 0.15) is 51.6 Å². The fourth-order valence-electron chi connectivity index (χ4n) is 6.28. The first-order valence-electron chi connectivity index (χ1n) is 16.1. The number of methoxy groups -OCH3 is 2. The molecular formula is C33H56N4O7. The second-order valence-electron chi connectivity index (χ2n) is 12.7. The summed E-state index contributed by atoms with van der Waals surface area (Å²) in [6.07, 6.45) is -0.800. The highest BCUT2D eigenvalue weighted by molar-refractivity contribution is 5.79. The number of ether oxygens (including phenoxy) is 3. The van der Waals surface area contributed by atoms with E-state index in [1.54, 1.807) is 12.0 Å². The maximum absolute atomic E-state index is 14.4. The number of aliphatic hydroxyl groups excluding tert-OH is 2. The number of benzene rings is 1. The molecule has 5 atom stereocenters. The molecule has 44 heavy (non-hydrogen) atoms. The highest BCUT2D eigenvalue weighted by atomic mass is 16.5. The maximum Gasteiger partial charge on any atom is 0.237 e. The fraction of sp³-hybridized carbons (Fsp3) is 0.758. The van der Waals surface area contributed by atoms with Crippen LogP contribution in [0, 0.1) is 11.8 Å². The molecule has 0 saturated carbocycles. The van der Waals surface area contributed by atoms with E-state index in [1.165, 1.54) is 14.0 Å². The van der Waals surface area contributed by atoms with E-state index in [-0.39, 0.29) is 42.8 Å². The minimum absolute atomic E-state index is 0.0474. The van der Waals surface area contributed by atoms with E-state index >= 15 is 0 Å². The number of aliphatic hydroxyl groups is 2. The Morgan fingerprint density at radius 1 is 1.02 bits per heavy atom. The van der Waals surface area contributed by atoms with Crippen LogP contribution in [0.5, 0.6) is 5.75 Å². The van der Waals surface area contributed by atoms with Crippen LogP contribution in [0.3, 0.4) is 0 Å². The summed E-state index contributed by atoms with van der Waals surface area (Å²) in [4.78, 5) is 35.7. The molecule has 250 valence electrons. The van der Waals surface area contributed by atoms with Gasteiger partial charge in [0.15, 0.2) is 0 Å². The van der Waals surface area contributed by atoms with Crippen molar-refractivity contribution in [2.45, 2.75) is 64.4 Å². The molecule has 2 N–H and O–H groups in total. The average Bonchev–Trinajstić information content (AvgIpc) is 3.21. The number of carbonyl (C=O) groups excluding carboxylic acids is 2. The van der Waals surface area contributed by atoms with Crippen molar-refractivity contribution in [1.82, 2.24) is 19.6 Å². The van der Waals surface area contributed by atoms with Gasteiger partial charge in [0, 0.05) is 59.3 Å². The van der Waals surface area contributed by atoms with E-state index in [1.807, 2.05) is 29.2 Å². The quantitative estimate of drug-likeness (QED) is 0.492. The van der Waals surface area contributed by atoms with Crippen LogP contribution in [-0.2, 0) is 19.1 Å². The molecule has 2 amide bonds. The Hall–Kier alpha value is -2.28. The lowest BCUT2D eigenvalue weighted by Crippen LogP contribution is -2.51. The van der Waals surface area contributed by atoms with Crippen molar-refractivity contribution in [3.05, 3.63) is 29.8 Å². The van der Waals surface area contributed by atoms with Crippen LogP contribution < -0.4 is 4.74 Å². The van der Waals surface area contributed by atoms with Gasteiger partial charge in [-0.1, -0.05) is 26.0 Å². The molecule has 0 unspecified atom stereocenters. The summed E-state index contributed by atoms with van der Waals surface area (Å²) >= 11 is 0. The first kappa shape index (κ1) is 36.2. The Balaban J connectivity index is 2.08. The molecule has 2 heterocycles. The Bertz CT molecular complexity index is 1030. The second-order valence-corrected chi connectivity index (χ2v) is 12.7. The second kappa shape index (κ2) is 18.0. The average molecular weight is 621 g/mol. The Morgan fingerprint density at radius 2 is 1.80 bits per heavy atom. The smallest absolute Gasteiger partial charge is 0.237 e. The molecule has 0 spiro atoms. The predicted octanol–water partition coefficient (Wildman–Crippen LogP) is 1.87. The Kier molecular flexibility index (Phi) is 14.8. The molecule has 2 aliphatic heterocycles. The predicted molar refractivity (Wildman–Crippen MR) is 169 cm³/mol. The summed E-state index contributed by atoms with van der Waals surface area (Å²) in [7, 11) is 5.22. The molecule has 1 aromatic carbocycles. The van der Waals surface area contributed by atoms with Crippen LogP contribution in [0.15, 0.2) is 24.3 Å². The van der Waals surface area contributed by atoms with Crippen molar-refractivity contribution < 1.29 is 34.0 Å². The van der Waals surface area contributed by atoms with Gasteiger partial charge in [-0.25, -0.2) is 0 Å². The number of rotatable bonds is 6. The molecule has 1 aromatic rings. The number of likely N-dealkylation sites (N-methyl/N-ethyl adjacent to an activating group) is 1. The van der Waals surface area contributed by atoms with Crippen LogP contribution in [-0.4, -0.2) is 147 Å². The van der Waals surface area contributed by atoms with Crippen molar-refractivity contribution in [2.75, 3.05) is 86.8 Å². The molecule has 0 aliphatic carbocycles. The highest BCUT2D eigenvalue weighted by Crippen LogP contribution is 2.37. The number of hydrogen-bond acceptors (Lipinski definition) is 9. The largest absolute Gasteiger partial charge is 0.497 e. The molecule has 11 nitrogen and oxygen atoms in total. The van der Waals surface area contributed by atoms with E-state index in [9.17, 15) is 19.8 Å². The molecular weight excluding hydrogens is 564 g/mol. The standard InChI is InChI=1S/C33H56N4O7/c1-24(2)28-20-36(25(3)38)21-30(43-6)33(41)29(39)23-44-18-8-7-15-37(32(28)26-11-9-12-27(19-26)42-5)31(40)22-35-14-10-13-34(4)16-17-35/h9,11-12,19,24,28-30,32-33,39,41H,7-8,10,13-18,20-23H2,1-6H3/t28-,29+,30+,32-,33+/m1/s1.